The fourth-order valence-electron chi connectivity index (χ4n) is 2.76. The Morgan fingerprint density at radius 2 is 1.76 bits per heavy atom. The Hall–Kier alpha value is -2.67. The van der Waals surface area contributed by atoms with Gasteiger partial charge in [0.15, 0.2) is 0 Å². The molecule has 0 fully saturated rings. The largest absolute Gasteiger partial charge is 0.325 e. The number of anilines is 1. The minimum absolute atomic E-state index is 0.0586. The van der Waals surface area contributed by atoms with Crippen molar-refractivity contribution in [3.05, 3.63) is 59.7 Å². The summed E-state index contributed by atoms with van der Waals surface area (Å²) in [5, 5.41) is 2.63. The minimum Gasteiger partial charge on any atom is -0.325 e. The zero-order valence-corrected chi connectivity index (χ0v) is 14.5. The molecule has 3 rings (SSSR count). The van der Waals surface area contributed by atoms with Gasteiger partial charge in [0.2, 0.25) is 5.91 Å². The summed E-state index contributed by atoms with van der Waals surface area (Å²) in [6, 6.07) is 13.3. The average Bonchev–Trinajstić information content (AvgIpc) is 2.78. The second kappa shape index (κ2) is 6.68. The molecule has 1 N–H and O–H groups in total. The lowest BCUT2D eigenvalue weighted by Gasteiger charge is -2.15. The molecule has 25 heavy (non-hydrogen) atoms. The maximum atomic E-state index is 12.4. The summed E-state index contributed by atoms with van der Waals surface area (Å²) in [7, 11) is -3.97. The average molecular weight is 358 g/mol. The fraction of sp³-hybridized carbons (Fsp3) is 0.222. The molecule has 2 aromatic rings. The predicted molar refractivity (Wildman–Crippen MR) is 93.7 cm³/mol. The SMILES string of the molecule is CCCc1ccc(NC(=O)CN2C(=O)c3ccccc3S2(=O)=O)cc1. The van der Waals surface area contributed by atoms with Gasteiger partial charge in [0.25, 0.3) is 15.9 Å². The van der Waals surface area contributed by atoms with Crippen LogP contribution in [-0.4, -0.2) is 31.1 Å². The molecule has 0 atom stereocenters. The van der Waals surface area contributed by atoms with Gasteiger partial charge in [-0.05, 0) is 36.2 Å². The summed E-state index contributed by atoms with van der Waals surface area (Å²) < 4.78 is 25.5. The van der Waals surface area contributed by atoms with E-state index in [4.69, 9.17) is 0 Å². The molecule has 2 amide bonds. The third-order valence-electron chi connectivity index (χ3n) is 3.98. The van der Waals surface area contributed by atoms with Crippen molar-refractivity contribution in [2.75, 3.05) is 11.9 Å². The molecule has 7 heteroatoms. The Bertz CT molecular complexity index is 920. The number of sulfonamides is 1. The monoisotopic (exact) mass is 358 g/mol. The third-order valence-corrected chi connectivity index (χ3v) is 5.76. The van der Waals surface area contributed by atoms with Crippen LogP contribution in [0.2, 0.25) is 0 Å². The van der Waals surface area contributed by atoms with Crippen molar-refractivity contribution in [2.45, 2.75) is 24.7 Å². The number of amides is 2. The fourth-order valence-corrected chi connectivity index (χ4v) is 4.29. The molecule has 6 nitrogen and oxygen atoms in total. The topological polar surface area (TPSA) is 83.6 Å². The Morgan fingerprint density at radius 1 is 1.08 bits per heavy atom. The first-order chi connectivity index (χ1) is 11.9. The molecular formula is C18H18N2O4S. The highest BCUT2D eigenvalue weighted by molar-refractivity contribution is 7.90. The molecule has 0 aliphatic carbocycles. The van der Waals surface area contributed by atoms with Crippen LogP contribution in [0.5, 0.6) is 0 Å². The van der Waals surface area contributed by atoms with E-state index in [1.54, 1.807) is 24.3 Å². The van der Waals surface area contributed by atoms with Gasteiger partial charge in [-0.15, -0.1) is 0 Å². The third kappa shape index (κ3) is 3.28. The number of nitrogens with one attached hydrogen (secondary N) is 1. The predicted octanol–water partition coefficient (Wildman–Crippen LogP) is 2.42. The van der Waals surface area contributed by atoms with Gasteiger partial charge in [0.05, 0.1) is 5.56 Å². The highest BCUT2D eigenvalue weighted by Gasteiger charge is 2.41. The van der Waals surface area contributed by atoms with Crippen LogP contribution in [0.3, 0.4) is 0 Å². The van der Waals surface area contributed by atoms with Crippen molar-refractivity contribution < 1.29 is 18.0 Å². The first-order valence-corrected chi connectivity index (χ1v) is 9.42. The number of benzene rings is 2. The molecular weight excluding hydrogens is 340 g/mol. The van der Waals surface area contributed by atoms with E-state index in [1.165, 1.54) is 12.1 Å². The van der Waals surface area contributed by atoms with Crippen molar-refractivity contribution in [3.8, 4) is 0 Å². The zero-order valence-electron chi connectivity index (χ0n) is 13.7. The second-order valence-corrected chi connectivity index (χ2v) is 7.64. The molecule has 130 valence electrons. The van der Waals surface area contributed by atoms with Crippen LogP contribution in [0.25, 0.3) is 0 Å². The van der Waals surface area contributed by atoms with Crippen molar-refractivity contribution >= 4 is 27.5 Å². The molecule has 1 heterocycles. The van der Waals surface area contributed by atoms with Crippen LogP contribution in [0.15, 0.2) is 53.4 Å². The molecule has 0 spiro atoms. The Kier molecular flexibility index (Phi) is 4.59. The van der Waals surface area contributed by atoms with Gasteiger partial charge in [-0.2, -0.15) is 0 Å². The number of carbonyl (C=O) groups is 2. The van der Waals surface area contributed by atoms with E-state index in [9.17, 15) is 18.0 Å². The van der Waals surface area contributed by atoms with Gasteiger partial charge >= 0.3 is 0 Å². The van der Waals surface area contributed by atoms with Crippen LogP contribution >= 0.6 is 0 Å². The van der Waals surface area contributed by atoms with Gasteiger partial charge in [-0.25, -0.2) is 12.7 Å². The highest BCUT2D eigenvalue weighted by atomic mass is 32.2. The lowest BCUT2D eigenvalue weighted by molar-refractivity contribution is -0.116. The first kappa shape index (κ1) is 17.2. The van der Waals surface area contributed by atoms with Crippen molar-refractivity contribution in [2.24, 2.45) is 0 Å². The first-order valence-electron chi connectivity index (χ1n) is 7.98. The molecule has 1 aliphatic heterocycles. The van der Waals surface area contributed by atoms with E-state index < -0.39 is 28.4 Å². The van der Waals surface area contributed by atoms with Crippen LogP contribution in [0.1, 0.15) is 29.3 Å². The van der Waals surface area contributed by atoms with Gasteiger partial charge in [0.1, 0.15) is 11.4 Å². The number of carbonyl (C=O) groups excluding carboxylic acids is 2. The zero-order chi connectivity index (χ0) is 18.0. The van der Waals surface area contributed by atoms with Crippen LogP contribution in [0.4, 0.5) is 5.69 Å². The second-order valence-electron chi connectivity index (χ2n) is 5.81. The van der Waals surface area contributed by atoms with Gasteiger partial charge < -0.3 is 5.32 Å². The molecule has 0 unspecified atom stereocenters. The van der Waals surface area contributed by atoms with E-state index in [1.807, 2.05) is 12.1 Å². The molecule has 0 saturated carbocycles. The van der Waals surface area contributed by atoms with E-state index in [-0.39, 0.29) is 10.5 Å². The minimum atomic E-state index is -3.97. The summed E-state index contributed by atoms with van der Waals surface area (Å²) in [4.78, 5) is 24.4. The Labute approximate surface area is 146 Å². The maximum Gasteiger partial charge on any atom is 0.269 e. The van der Waals surface area contributed by atoms with Crippen molar-refractivity contribution in [1.82, 2.24) is 4.31 Å². The smallest absolute Gasteiger partial charge is 0.269 e. The van der Waals surface area contributed by atoms with E-state index in [2.05, 4.69) is 12.2 Å². The van der Waals surface area contributed by atoms with Crippen LogP contribution in [-0.2, 0) is 21.2 Å². The molecule has 0 saturated heterocycles. The number of fused-ring (bicyclic) bond motifs is 1. The maximum absolute atomic E-state index is 12.4. The van der Waals surface area contributed by atoms with Crippen LogP contribution in [0, 0.1) is 0 Å². The summed E-state index contributed by atoms with van der Waals surface area (Å²) in [5.74, 6) is -1.24. The van der Waals surface area contributed by atoms with Crippen LogP contribution < -0.4 is 5.32 Å². The lowest BCUT2D eigenvalue weighted by atomic mass is 10.1. The van der Waals surface area contributed by atoms with E-state index in [0.717, 1.165) is 18.4 Å². The highest BCUT2D eigenvalue weighted by Crippen LogP contribution is 2.29. The number of nitrogens with zero attached hydrogens (tertiary/aromatic N) is 1. The number of aryl methyl sites for hydroxylation is 1. The summed E-state index contributed by atoms with van der Waals surface area (Å²) in [6.45, 7) is 1.54. The lowest BCUT2D eigenvalue weighted by Crippen LogP contribution is -2.37. The van der Waals surface area contributed by atoms with Gasteiger partial charge in [-0.1, -0.05) is 37.6 Å². The van der Waals surface area contributed by atoms with E-state index >= 15 is 0 Å². The molecule has 2 aromatic carbocycles. The number of hydrogen-bond donors (Lipinski definition) is 1. The summed E-state index contributed by atoms with van der Waals surface area (Å²) in [6.07, 6.45) is 1.98. The normalized spacial score (nSPS) is 15.1. The standard InChI is InChI=1S/C18H18N2O4S/c1-2-5-13-8-10-14(11-9-13)19-17(21)12-20-18(22)15-6-3-4-7-16(15)25(20,23)24/h3-4,6-11H,2,5,12H2,1H3,(H,19,21). The Morgan fingerprint density at radius 3 is 2.40 bits per heavy atom. The quantitative estimate of drug-likeness (QED) is 0.890. The number of rotatable bonds is 5. The van der Waals surface area contributed by atoms with Crippen molar-refractivity contribution in [1.29, 1.82) is 0 Å². The van der Waals surface area contributed by atoms with Gasteiger partial charge in [0, 0.05) is 5.69 Å². The van der Waals surface area contributed by atoms with E-state index in [0.29, 0.717) is 9.99 Å². The molecule has 0 aromatic heterocycles. The Balaban J connectivity index is 1.72. The molecule has 0 bridgehead atoms. The summed E-state index contributed by atoms with van der Waals surface area (Å²) >= 11 is 0. The summed E-state index contributed by atoms with van der Waals surface area (Å²) in [5.41, 5.74) is 1.82. The van der Waals surface area contributed by atoms with Crippen molar-refractivity contribution in [3.63, 3.8) is 0 Å². The van der Waals surface area contributed by atoms with Gasteiger partial charge in [-0.3, -0.25) is 9.59 Å². The number of hydrogen-bond acceptors (Lipinski definition) is 4. The molecule has 0 radical (unpaired) electrons. The molecule has 1 aliphatic rings.